The molecule has 9 heteroatoms. The Hall–Kier alpha value is -2.54. The van der Waals surface area contributed by atoms with Crippen LogP contribution in [-0.4, -0.2) is 20.9 Å². The minimum Gasteiger partial charge on any atom is -0.411 e. The summed E-state index contributed by atoms with van der Waals surface area (Å²) in [6.45, 7) is 1.71. The highest BCUT2D eigenvalue weighted by molar-refractivity contribution is 6.45. The van der Waals surface area contributed by atoms with Crippen LogP contribution in [0.5, 0.6) is 0 Å². The molecular formula is C18H14Cl3N5O. The average Bonchev–Trinajstić information content (AvgIpc) is 2.64. The predicted molar refractivity (Wildman–Crippen MR) is 111 cm³/mol. The molecule has 0 saturated carbocycles. The van der Waals surface area contributed by atoms with Gasteiger partial charge in [-0.25, -0.2) is 4.98 Å². The molecular weight excluding hydrogens is 409 g/mol. The molecule has 0 unspecified atom stereocenters. The molecule has 0 aliphatic heterocycles. The van der Waals surface area contributed by atoms with Gasteiger partial charge >= 0.3 is 0 Å². The van der Waals surface area contributed by atoms with Gasteiger partial charge in [-0.05, 0) is 36.8 Å². The van der Waals surface area contributed by atoms with Gasteiger partial charge in [0, 0.05) is 22.3 Å². The molecule has 3 rings (SSSR count). The van der Waals surface area contributed by atoms with Crippen molar-refractivity contribution in [2.45, 2.75) is 6.92 Å². The van der Waals surface area contributed by atoms with Crippen LogP contribution in [0.15, 0.2) is 47.6 Å². The van der Waals surface area contributed by atoms with Gasteiger partial charge in [-0.2, -0.15) is 4.98 Å². The standard InChI is InChI=1S/C18H14Cl3N5O/c1-9(26-27)10-2-4-12(5-3-10)23-16-8-15(24-18(22)25-16)13-6-11(19)7-14(20)17(13)21/h2-8,27H,1H3,(H3,22,23,24,25)/b26-9+. The van der Waals surface area contributed by atoms with Gasteiger partial charge < -0.3 is 16.3 Å². The van der Waals surface area contributed by atoms with E-state index in [2.05, 4.69) is 20.4 Å². The lowest BCUT2D eigenvalue weighted by Crippen LogP contribution is -2.02. The van der Waals surface area contributed by atoms with Crippen molar-refractivity contribution in [3.05, 3.63) is 63.1 Å². The molecule has 2 aromatic carbocycles. The second kappa shape index (κ2) is 8.00. The van der Waals surface area contributed by atoms with Crippen molar-refractivity contribution in [2.24, 2.45) is 5.16 Å². The average molecular weight is 423 g/mol. The lowest BCUT2D eigenvalue weighted by molar-refractivity contribution is 0.319. The van der Waals surface area contributed by atoms with E-state index in [9.17, 15) is 0 Å². The van der Waals surface area contributed by atoms with E-state index in [0.717, 1.165) is 11.3 Å². The van der Waals surface area contributed by atoms with Gasteiger partial charge in [0.05, 0.1) is 21.5 Å². The molecule has 6 nitrogen and oxygen atoms in total. The molecule has 0 atom stereocenters. The van der Waals surface area contributed by atoms with Crippen molar-refractivity contribution in [3.8, 4) is 11.3 Å². The number of halogens is 3. The third kappa shape index (κ3) is 4.42. The highest BCUT2D eigenvalue weighted by Crippen LogP contribution is 2.36. The molecule has 0 aliphatic rings. The van der Waals surface area contributed by atoms with Crippen LogP contribution in [0.3, 0.4) is 0 Å². The van der Waals surface area contributed by atoms with Crippen LogP contribution in [0, 0.1) is 0 Å². The summed E-state index contributed by atoms with van der Waals surface area (Å²) in [7, 11) is 0. The fourth-order valence-electron chi connectivity index (χ4n) is 2.41. The number of anilines is 3. The highest BCUT2D eigenvalue weighted by atomic mass is 35.5. The maximum Gasteiger partial charge on any atom is 0.222 e. The summed E-state index contributed by atoms with van der Waals surface area (Å²) in [5.41, 5.74) is 8.96. The summed E-state index contributed by atoms with van der Waals surface area (Å²) < 4.78 is 0. The summed E-state index contributed by atoms with van der Waals surface area (Å²) in [6.07, 6.45) is 0. The predicted octanol–water partition coefficient (Wildman–Crippen LogP) is 5.63. The van der Waals surface area contributed by atoms with E-state index in [1.165, 1.54) is 0 Å². The molecule has 3 aromatic rings. The van der Waals surface area contributed by atoms with Crippen LogP contribution in [0.2, 0.25) is 15.1 Å². The maximum atomic E-state index is 8.84. The van der Waals surface area contributed by atoms with Gasteiger partial charge in [0.15, 0.2) is 0 Å². The number of aromatic nitrogens is 2. The van der Waals surface area contributed by atoms with E-state index in [1.807, 2.05) is 24.3 Å². The molecule has 27 heavy (non-hydrogen) atoms. The van der Waals surface area contributed by atoms with E-state index < -0.39 is 0 Å². The van der Waals surface area contributed by atoms with Crippen molar-refractivity contribution in [2.75, 3.05) is 11.1 Å². The zero-order valence-electron chi connectivity index (χ0n) is 14.0. The number of nitrogen functional groups attached to an aromatic ring is 1. The second-order valence-electron chi connectivity index (χ2n) is 5.63. The lowest BCUT2D eigenvalue weighted by Gasteiger charge is -2.11. The normalized spacial score (nSPS) is 11.5. The number of oxime groups is 1. The van der Waals surface area contributed by atoms with Crippen molar-refractivity contribution in [1.82, 2.24) is 9.97 Å². The highest BCUT2D eigenvalue weighted by Gasteiger charge is 2.13. The molecule has 1 heterocycles. The van der Waals surface area contributed by atoms with Crippen molar-refractivity contribution >= 4 is 58.0 Å². The topological polar surface area (TPSA) is 96.4 Å². The Morgan fingerprint density at radius 1 is 1.07 bits per heavy atom. The summed E-state index contributed by atoms with van der Waals surface area (Å²) in [5, 5.41) is 16.2. The second-order valence-corrected chi connectivity index (χ2v) is 6.86. The largest absolute Gasteiger partial charge is 0.411 e. The number of rotatable bonds is 4. The number of nitrogens with zero attached hydrogens (tertiary/aromatic N) is 3. The zero-order valence-corrected chi connectivity index (χ0v) is 16.3. The zero-order chi connectivity index (χ0) is 19.6. The Morgan fingerprint density at radius 2 is 1.78 bits per heavy atom. The quantitative estimate of drug-likeness (QED) is 0.219. The number of benzene rings is 2. The van der Waals surface area contributed by atoms with Gasteiger partial charge in [0.1, 0.15) is 5.82 Å². The van der Waals surface area contributed by atoms with E-state index in [1.54, 1.807) is 25.1 Å². The molecule has 0 fully saturated rings. The minimum absolute atomic E-state index is 0.0713. The maximum absolute atomic E-state index is 8.84. The third-order valence-electron chi connectivity index (χ3n) is 3.74. The van der Waals surface area contributed by atoms with Gasteiger partial charge in [-0.15, -0.1) is 0 Å². The van der Waals surface area contributed by atoms with Crippen molar-refractivity contribution < 1.29 is 5.21 Å². The Labute approximate surface area is 170 Å². The first-order valence-corrected chi connectivity index (χ1v) is 8.86. The molecule has 1 aromatic heterocycles. The SMILES string of the molecule is C/C(=N\O)c1ccc(Nc2cc(-c3cc(Cl)cc(Cl)c3Cl)nc(N)n2)cc1. The van der Waals surface area contributed by atoms with E-state index in [-0.39, 0.29) is 5.95 Å². The van der Waals surface area contributed by atoms with Crippen molar-refractivity contribution in [3.63, 3.8) is 0 Å². The van der Waals surface area contributed by atoms with Crippen LogP contribution in [0.4, 0.5) is 17.5 Å². The molecule has 4 N–H and O–H groups in total. The van der Waals surface area contributed by atoms with Gasteiger partial charge in [-0.3, -0.25) is 0 Å². The molecule has 0 amide bonds. The minimum atomic E-state index is 0.0713. The van der Waals surface area contributed by atoms with Gasteiger partial charge in [0.25, 0.3) is 0 Å². The van der Waals surface area contributed by atoms with Crippen LogP contribution < -0.4 is 11.1 Å². The Bertz CT molecular complexity index is 1020. The van der Waals surface area contributed by atoms with E-state index >= 15 is 0 Å². The fraction of sp³-hybridized carbons (Fsp3) is 0.0556. The van der Waals surface area contributed by atoms with Crippen molar-refractivity contribution in [1.29, 1.82) is 0 Å². The first-order valence-electron chi connectivity index (χ1n) is 7.73. The number of nitrogens with two attached hydrogens (primary N) is 1. The number of nitrogens with one attached hydrogen (secondary N) is 1. The molecule has 138 valence electrons. The number of hydrogen-bond donors (Lipinski definition) is 3. The van der Waals surface area contributed by atoms with Crippen LogP contribution in [-0.2, 0) is 0 Å². The fourth-order valence-corrected chi connectivity index (χ4v) is 3.11. The first-order chi connectivity index (χ1) is 12.9. The molecule has 0 aliphatic carbocycles. The lowest BCUT2D eigenvalue weighted by atomic mass is 10.1. The van der Waals surface area contributed by atoms with E-state index in [4.69, 9.17) is 45.7 Å². The third-order valence-corrected chi connectivity index (χ3v) is 4.76. The van der Waals surface area contributed by atoms with Gasteiger partial charge in [0.2, 0.25) is 5.95 Å². The Morgan fingerprint density at radius 3 is 2.44 bits per heavy atom. The number of hydrogen-bond acceptors (Lipinski definition) is 6. The summed E-state index contributed by atoms with van der Waals surface area (Å²) in [4.78, 5) is 8.40. The van der Waals surface area contributed by atoms with Crippen LogP contribution >= 0.6 is 34.8 Å². The monoisotopic (exact) mass is 421 g/mol. The first kappa shape index (κ1) is 19.2. The van der Waals surface area contributed by atoms with E-state index in [0.29, 0.717) is 37.9 Å². The van der Waals surface area contributed by atoms with Crippen LogP contribution in [0.25, 0.3) is 11.3 Å². The summed E-state index contributed by atoms with van der Waals surface area (Å²) in [6, 6.07) is 12.2. The summed E-state index contributed by atoms with van der Waals surface area (Å²) >= 11 is 18.5. The molecule has 0 bridgehead atoms. The van der Waals surface area contributed by atoms with Crippen LogP contribution in [0.1, 0.15) is 12.5 Å². The molecule has 0 spiro atoms. The Balaban J connectivity index is 1.95. The Kier molecular flexibility index (Phi) is 5.70. The van der Waals surface area contributed by atoms with Gasteiger partial charge in [-0.1, -0.05) is 52.1 Å². The molecule has 0 saturated heterocycles. The summed E-state index contributed by atoms with van der Waals surface area (Å²) in [5.74, 6) is 0.548. The smallest absolute Gasteiger partial charge is 0.222 e. The molecule has 0 radical (unpaired) electrons.